The minimum absolute atomic E-state index is 0.146. The molecule has 1 amide bonds. The number of nitrogen functional groups attached to an aromatic ring is 1. The number of hydrogen-bond donors (Lipinski definition) is 3. The van der Waals surface area contributed by atoms with Crippen LogP contribution in [-0.4, -0.2) is 23.7 Å². The lowest BCUT2D eigenvalue weighted by Gasteiger charge is -2.14. The van der Waals surface area contributed by atoms with Crippen molar-refractivity contribution in [3.63, 3.8) is 0 Å². The Labute approximate surface area is 93.3 Å². The van der Waals surface area contributed by atoms with Gasteiger partial charge >= 0.3 is 0 Å². The number of halogens is 1. The van der Waals surface area contributed by atoms with Crippen LogP contribution in [0.5, 0.6) is 0 Å². The Hall–Kier alpha value is -1.62. The summed E-state index contributed by atoms with van der Waals surface area (Å²) in [5.41, 5.74) is 5.78. The van der Waals surface area contributed by atoms with Crippen molar-refractivity contribution < 1.29 is 14.3 Å². The summed E-state index contributed by atoms with van der Waals surface area (Å²) in [5.74, 6) is -0.991. The number of hydrogen-bond acceptors (Lipinski definition) is 3. The number of benzene rings is 1. The zero-order valence-corrected chi connectivity index (χ0v) is 9.03. The van der Waals surface area contributed by atoms with Gasteiger partial charge in [-0.25, -0.2) is 4.39 Å². The van der Waals surface area contributed by atoms with Crippen LogP contribution in [0.3, 0.4) is 0 Å². The van der Waals surface area contributed by atoms with Crippen LogP contribution in [0.2, 0.25) is 0 Å². The number of nitrogens with one attached hydrogen (secondary N) is 1. The van der Waals surface area contributed by atoms with Gasteiger partial charge in [-0.05, 0) is 24.6 Å². The van der Waals surface area contributed by atoms with E-state index in [1.807, 2.05) is 6.92 Å². The fraction of sp³-hybridized carbons (Fsp3) is 0.364. The minimum Gasteiger partial charge on any atom is -0.399 e. The van der Waals surface area contributed by atoms with E-state index in [9.17, 15) is 9.18 Å². The first-order valence-corrected chi connectivity index (χ1v) is 5.04. The van der Waals surface area contributed by atoms with Gasteiger partial charge in [-0.2, -0.15) is 0 Å². The quantitative estimate of drug-likeness (QED) is 0.668. The molecule has 0 bridgehead atoms. The van der Waals surface area contributed by atoms with E-state index >= 15 is 0 Å². The molecule has 1 unspecified atom stereocenters. The number of rotatable bonds is 4. The molecule has 0 fully saturated rings. The van der Waals surface area contributed by atoms with Crippen molar-refractivity contribution in [1.29, 1.82) is 0 Å². The number of aliphatic hydroxyl groups is 1. The molecule has 0 saturated carbocycles. The van der Waals surface area contributed by atoms with Gasteiger partial charge in [-0.3, -0.25) is 4.79 Å². The first-order chi connectivity index (χ1) is 7.56. The molecule has 16 heavy (non-hydrogen) atoms. The van der Waals surface area contributed by atoms with Crippen molar-refractivity contribution in [2.75, 3.05) is 12.3 Å². The van der Waals surface area contributed by atoms with Crippen molar-refractivity contribution in [2.45, 2.75) is 19.4 Å². The maximum atomic E-state index is 13.0. The van der Waals surface area contributed by atoms with Crippen molar-refractivity contribution in [1.82, 2.24) is 5.32 Å². The average molecular weight is 226 g/mol. The number of aliphatic hydroxyl groups excluding tert-OH is 1. The fourth-order valence-corrected chi connectivity index (χ4v) is 1.29. The highest BCUT2D eigenvalue weighted by Crippen LogP contribution is 2.10. The summed E-state index contributed by atoms with van der Waals surface area (Å²) in [6, 6.07) is 3.32. The fourth-order valence-electron chi connectivity index (χ4n) is 1.29. The Kier molecular flexibility index (Phi) is 4.25. The summed E-state index contributed by atoms with van der Waals surface area (Å²) in [4.78, 5) is 11.6. The van der Waals surface area contributed by atoms with E-state index in [-0.39, 0.29) is 23.9 Å². The van der Waals surface area contributed by atoms with E-state index in [0.29, 0.717) is 6.42 Å². The van der Waals surface area contributed by atoms with Crippen molar-refractivity contribution in [3.05, 3.63) is 29.6 Å². The molecule has 4 nitrogen and oxygen atoms in total. The van der Waals surface area contributed by atoms with Crippen LogP contribution in [0, 0.1) is 5.82 Å². The molecule has 1 aromatic rings. The maximum absolute atomic E-state index is 13.0. The molecule has 0 aliphatic rings. The van der Waals surface area contributed by atoms with Crippen LogP contribution in [0.15, 0.2) is 18.2 Å². The van der Waals surface area contributed by atoms with Crippen molar-refractivity contribution in [2.24, 2.45) is 0 Å². The summed E-state index contributed by atoms with van der Waals surface area (Å²) < 4.78 is 13.0. The highest BCUT2D eigenvalue weighted by molar-refractivity contribution is 5.95. The standard InChI is InChI=1S/C11H15FN2O2/c1-2-10(6-15)14-11(16)7-3-8(12)5-9(13)4-7/h3-5,10,15H,2,6,13H2,1H3,(H,14,16). The molecule has 0 aliphatic heterocycles. The molecule has 0 radical (unpaired) electrons. The Morgan fingerprint density at radius 1 is 1.56 bits per heavy atom. The predicted octanol–water partition coefficient (Wildman–Crippen LogP) is 0.909. The molecule has 0 aliphatic carbocycles. The van der Waals surface area contributed by atoms with E-state index in [1.54, 1.807) is 0 Å². The Morgan fingerprint density at radius 3 is 2.75 bits per heavy atom. The number of anilines is 1. The Bertz CT molecular complexity index is 358. The molecule has 0 heterocycles. The zero-order chi connectivity index (χ0) is 12.1. The van der Waals surface area contributed by atoms with E-state index in [1.165, 1.54) is 6.07 Å². The molecule has 4 N–H and O–H groups in total. The highest BCUT2D eigenvalue weighted by atomic mass is 19.1. The summed E-state index contributed by atoms with van der Waals surface area (Å²) in [6.45, 7) is 1.69. The zero-order valence-electron chi connectivity index (χ0n) is 9.03. The number of amides is 1. The molecule has 0 saturated heterocycles. The monoisotopic (exact) mass is 226 g/mol. The molecule has 1 rings (SSSR count). The first-order valence-electron chi connectivity index (χ1n) is 5.04. The van der Waals surface area contributed by atoms with E-state index < -0.39 is 11.7 Å². The molecule has 1 atom stereocenters. The third-order valence-electron chi connectivity index (χ3n) is 2.23. The average Bonchev–Trinajstić information content (AvgIpc) is 2.24. The van der Waals surface area contributed by atoms with Crippen LogP contribution < -0.4 is 11.1 Å². The SMILES string of the molecule is CCC(CO)NC(=O)c1cc(N)cc(F)c1. The summed E-state index contributed by atoms with van der Waals surface area (Å²) in [5, 5.41) is 11.5. The smallest absolute Gasteiger partial charge is 0.251 e. The van der Waals surface area contributed by atoms with Crippen LogP contribution in [-0.2, 0) is 0 Å². The van der Waals surface area contributed by atoms with Gasteiger partial charge in [-0.1, -0.05) is 6.92 Å². The van der Waals surface area contributed by atoms with Crippen LogP contribution in [0.25, 0.3) is 0 Å². The molecular formula is C11H15FN2O2. The normalized spacial score (nSPS) is 12.2. The van der Waals surface area contributed by atoms with Gasteiger partial charge in [0.25, 0.3) is 5.91 Å². The molecule has 1 aromatic carbocycles. The molecule has 0 aromatic heterocycles. The van der Waals surface area contributed by atoms with Crippen molar-refractivity contribution in [3.8, 4) is 0 Å². The van der Waals surface area contributed by atoms with E-state index in [4.69, 9.17) is 10.8 Å². The molecule has 0 spiro atoms. The van der Waals surface area contributed by atoms with Crippen LogP contribution in [0.4, 0.5) is 10.1 Å². The first kappa shape index (κ1) is 12.4. The summed E-state index contributed by atoms with van der Waals surface area (Å²) >= 11 is 0. The van der Waals surface area contributed by atoms with Gasteiger partial charge in [0.05, 0.1) is 12.6 Å². The minimum atomic E-state index is -0.554. The van der Waals surface area contributed by atoms with E-state index in [2.05, 4.69) is 5.32 Å². The van der Waals surface area contributed by atoms with Gasteiger partial charge in [0.1, 0.15) is 5.82 Å². The molecular weight excluding hydrogens is 211 g/mol. The van der Waals surface area contributed by atoms with Crippen molar-refractivity contribution >= 4 is 11.6 Å². The Balaban J connectivity index is 2.80. The lowest BCUT2D eigenvalue weighted by molar-refractivity contribution is 0.0914. The lowest BCUT2D eigenvalue weighted by atomic mass is 10.1. The third-order valence-corrected chi connectivity index (χ3v) is 2.23. The lowest BCUT2D eigenvalue weighted by Crippen LogP contribution is -2.36. The third kappa shape index (κ3) is 3.20. The van der Waals surface area contributed by atoms with Gasteiger partial charge in [0.2, 0.25) is 0 Å². The van der Waals surface area contributed by atoms with Crippen LogP contribution >= 0.6 is 0 Å². The van der Waals surface area contributed by atoms with E-state index in [0.717, 1.165) is 12.1 Å². The summed E-state index contributed by atoms with van der Waals surface area (Å²) in [7, 11) is 0. The maximum Gasteiger partial charge on any atom is 0.251 e. The molecule has 88 valence electrons. The van der Waals surface area contributed by atoms with Gasteiger partial charge < -0.3 is 16.2 Å². The van der Waals surface area contributed by atoms with Gasteiger partial charge in [0.15, 0.2) is 0 Å². The Morgan fingerprint density at radius 2 is 2.25 bits per heavy atom. The highest BCUT2D eigenvalue weighted by Gasteiger charge is 2.12. The number of carbonyl (C=O) groups is 1. The second-order valence-corrected chi connectivity index (χ2v) is 3.53. The second kappa shape index (κ2) is 5.46. The summed E-state index contributed by atoms with van der Waals surface area (Å²) in [6.07, 6.45) is 0.604. The second-order valence-electron chi connectivity index (χ2n) is 3.53. The van der Waals surface area contributed by atoms with Gasteiger partial charge in [-0.15, -0.1) is 0 Å². The largest absolute Gasteiger partial charge is 0.399 e. The number of carbonyl (C=O) groups excluding carboxylic acids is 1. The van der Waals surface area contributed by atoms with Crippen LogP contribution in [0.1, 0.15) is 23.7 Å². The topological polar surface area (TPSA) is 75.3 Å². The predicted molar refractivity (Wildman–Crippen MR) is 59.4 cm³/mol. The number of nitrogens with two attached hydrogens (primary N) is 1. The molecule has 5 heteroatoms. The van der Waals surface area contributed by atoms with Gasteiger partial charge in [0, 0.05) is 11.3 Å².